The van der Waals surface area contributed by atoms with Crippen LogP contribution in [0.4, 0.5) is 0 Å². The van der Waals surface area contributed by atoms with Gasteiger partial charge < -0.3 is 15.4 Å². The molecule has 0 saturated heterocycles. The zero-order chi connectivity index (χ0) is 14.7. The van der Waals surface area contributed by atoms with E-state index in [2.05, 4.69) is 10.3 Å². The van der Waals surface area contributed by atoms with E-state index >= 15 is 0 Å². The first kappa shape index (κ1) is 14.3. The second kappa shape index (κ2) is 5.88. The van der Waals surface area contributed by atoms with Gasteiger partial charge in [-0.25, -0.2) is 0 Å². The highest BCUT2D eigenvalue weighted by atomic mass is 16.3. The zero-order valence-corrected chi connectivity index (χ0v) is 11.5. The summed E-state index contributed by atoms with van der Waals surface area (Å²) in [5.41, 5.74) is 0.437. The topological polar surface area (TPSA) is 82.2 Å². The molecule has 0 saturated carbocycles. The second-order valence-electron chi connectivity index (χ2n) is 5.10. The third kappa shape index (κ3) is 2.88. The minimum Gasteiger partial charge on any atom is -0.391 e. The third-order valence-electron chi connectivity index (χ3n) is 3.27. The van der Waals surface area contributed by atoms with Crippen LogP contribution in [0.2, 0.25) is 0 Å². The number of hydrogen-bond donors (Lipinski definition) is 3. The molecule has 0 radical (unpaired) electrons. The van der Waals surface area contributed by atoms with E-state index in [0.29, 0.717) is 10.9 Å². The van der Waals surface area contributed by atoms with E-state index < -0.39 is 12.0 Å². The van der Waals surface area contributed by atoms with Crippen LogP contribution < -0.4 is 10.7 Å². The summed E-state index contributed by atoms with van der Waals surface area (Å²) in [6.07, 6.45) is 0.778. The average Bonchev–Trinajstić information content (AvgIpc) is 2.45. The Balaban J connectivity index is 2.23. The maximum absolute atomic E-state index is 12.2. The van der Waals surface area contributed by atoms with Gasteiger partial charge in [-0.1, -0.05) is 26.0 Å². The van der Waals surface area contributed by atoms with Crippen molar-refractivity contribution >= 4 is 16.8 Å². The molecular weight excluding hydrogens is 256 g/mol. The molecule has 0 aliphatic carbocycles. The van der Waals surface area contributed by atoms with E-state index in [4.69, 9.17) is 0 Å². The quantitative estimate of drug-likeness (QED) is 0.785. The van der Waals surface area contributed by atoms with E-state index in [1.807, 2.05) is 19.9 Å². The van der Waals surface area contributed by atoms with E-state index in [0.717, 1.165) is 0 Å². The fourth-order valence-corrected chi connectivity index (χ4v) is 1.86. The number of para-hydroxylation sites is 1. The van der Waals surface area contributed by atoms with Crippen LogP contribution in [0.15, 0.2) is 35.3 Å². The number of aromatic amines is 1. The minimum absolute atomic E-state index is 0.0465. The molecule has 0 aliphatic heterocycles. The molecule has 2 rings (SSSR count). The van der Waals surface area contributed by atoms with Crippen LogP contribution >= 0.6 is 0 Å². The molecule has 1 atom stereocenters. The fourth-order valence-electron chi connectivity index (χ4n) is 1.86. The molecule has 1 unspecified atom stereocenters. The first-order chi connectivity index (χ1) is 9.50. The van der Waals surface area contributed by atoms with Crippen molar-refractivity contribution in [3.63, 3.8) is 0 Å². The van der Waals surface area contributed by atoms with Crippen LogP contribution in [0, 0.1) is 5.92 Å². The summed E-state index contributed by atoms with van der Waals surface area (Å²) in [7, 11) is 0. The fraction of sp³-hybridized carbons (Fsp3) is 0.333. The lowest BCUT2D eigenvalue weighted by molar-refractivity contribution is 0.0870. The molecule has 1 amide bonds. The number of hydrogen-bond acceptors (Lipinski definition) is 3. The van der Waals surface area contributed by atoms with Crippen molar-refractivity contribution in [3.05, 3.63) is 46.2 Å². The predicted molar refractivity (Wildman–Crippen MR) is 77.7 cm³/mol. The third-order valence-corrected chi connectivity index (χ3v) is 3.27. The maximum Gasteiger partial charge on any atom is 0.256 e. The SMILES string of the molecule is CC(C)C(O)CNC(=O)c1c[nH]c2ccccc2c1=O. The van der Waals surface area contributed by atoms with Gasteiger partial charge in [0, 0.05) is 23.6 Å². The summed E-state index contributed by atoms with van der Waals surface area (Å²) < 4.78 is 0. The highest BCUT2D eigenvalue weighted by Gasteiger charge is 2.15. The van der Waals surface area contributed by atoms with Crippen LogP contribution in [0.5, 0.6) is 0 Å². The number of fused-ring (bicyclic) bond motifs is 1. The first-order valence-electron chi connectivity index (χ1n) is 6.57. The Morgan fingerprint density at radius 1 is 1.35 bits per heavy atom. The molecule has 0 aliphatic rings. The highest BCUT2D eigenvalue weighted by Crippen LogP contribution is 2.07. The number of carbonyl (C=O) groups is 1. The average molecular weight is 274 g/mol. The van der Waals surface area contributed by atoms with Gasteiger partial charge in [-0.3, -0.25) is 9.59 Å². The standard InChI is InChI=1S/C15H18N2O3/c1-9(2)13(18)8-17-15(20)11-7-16-12-6-4-3-5-10(12)14(11)19/h3-7,9,13,18H,8H2,1-2H3,(H,16,19)(H,17,20). The molecule has 3 N–H and O–H groups in total. The van der Waals surface area contributed by atoms with E-state index in [9.17, 15) is 14.7 Å². The van der Waals surface area contributed by atoms with Crippen LogP contribution in [0.25, 0.3) is 10.9 Å². The lowest BCUT2D eigenvalue weighted by Gasteiger charge is -2.14. The molecule has 106 valence electrons. The predicted octanol–water partition coefficient (Wildman–Crippen LogP) is 1.27. The Labute approximate surface area is 116 Å². The van der Waals surface area contributed by atoms with Crippen molar-refractivity contribution in [1.82, 2.24) is 10.3 Å². The number of aromatic nitrogens is 1. The molecule has 0 bridgehead atoms. The van der Waals surface area contributed by atoms with Gasteiger partial charge >= 0.3 is 0 Å². The molecule has 1 aromatic heterocycles. The number of rotatable bonds is 4. The van der Waals surface area contributed by atoms with Crippen molar-refractivity contribution in [2.24, 2.45) is 5.92 Å². The first-order valence-corrected chi connectivity index (χ1v) is 6.57. The zero-order valence-electron chi connectivity index (χ0n) is 11.5. The van der Waals surface area contributed by atoms with Crippen molar-refractivity contribution in [2.75, 3.05) is 6.54 Å². The number of H-pyrrole nitrogens is 1. The van der Waals surface area contributed by atoms with Gasteiger partial charge in [0.2, 0.25) is 5.43 Å². The maximum atomic E-state index is 12.2. The van der Waals surface area contributed by atoms with Crippen LogP contribution in [-0.4, -0.2) is 28.6 Å². The molecule has 2 aromatic rings. The number of aliphatic hydroxyl groups is 1. The molecule has 5 heteroatoms. The van der Waals surface area contributed by atoms with Gasteiger partial charge in [-0.15, -0.1) is 0 Å². The Morgan fingerprint density at radius 3 is 2.75 bits per heavy atom. The van der Waals surface area contributed by atoms with E-state index in [1.54, 1.807) is 18.2 Å². The number of carbonyl (C=O) groups excluding carboxylic acids is 1. The number of benzene rings is 1. The Bertz CT molecular complexity index is 676. The normalized spacial score (nSPS) is 12.6. The van der Waals surface area contributed by atoms with Crippen LogP contribution in [-0.2, 0) is 0 Å². The van der Waals surface area contributed by atoms with Gasteiger partial charge in [0.15, 0.2) is 0 Å². The van der Waals surface area contributed by atoms with Gasteiger partial charge in [-0.05, 0) is 18.1 Å². The highest BCUT2D eigenvalue weighted by molar-refractivity contribution is 5.97. The summed E-state index contributed by atoms with van der Waals surface area (Å²) in [6, 6.07) is 7.02. The van der Waals surface area contributed by atoms with E-state index in [1.165, 1.54) is 6.20 Å². The molecule has 0 fully saturated rings. The number of aliphatic hydroxyl groups excluding tert-OH is 1. The summed E-state index contributed by atoms with van der Waals surface area (Å²) in [5, 5.41) is 12.7. The van der Waals surface area contributed by atoms with Crippen LogP contribution in [0.3, 0.4) is 0 Å². The van der Waals surface area contributed by atoms with Crippen molar-refractivity contribution in [2.45, 2.75) is 20.0 Å². The summed E-state index contributed by atoms with van der Waals surface area (Å²) in [6.45, 7) is 3.85. The molecule has 20 heavy (non-hydrogen) atoms. The lowest BCUT2D eigenvalue weighted by Crippen LogP contribution is -2.36. The van der Waals surface area contributed by atoms with Gasteiger partial charge in [-0.2, -0.15) is 0 Å². The molecular formula is C15H18N2O3. The van der Waals surface area contributed by atoms with Gasteiger partial charge in [0.05, 0.1) is 6.10 Å². The monoisotopic (exact) mass is 274 g/mol. The lowest BCUT2D eigenvalue weighted by atomic mass is 10.1. The van der Waals surface area contributed by atoms with Crippen LogP contribution in [0.1, 0.15) is 24.2 Å². The van der Waals surface area contributed by atoms with Gasteiger partial charge in [0.1, 0.15) is 5.56 Å². The molecule has 0 spiro atoms. The Kier molecular flexibility index (Phi) is 4.20. The molecule has 1 aromatic carbocycles. The van der Waals surface area contributed by atoms with E-state index in [-0.39, 0.29) is 23.5 Å². The van der Waals surface area contributed by atoms with Gasteiger partial charge in [0.25, 0.3) is 5.91 Å². The van der Waals surface area contributed by atoms with Crippen molar-refractivity contribution in [3.8, 4) is 0 Å². The second-order valence-corrected chi connectivity index (χ2v) is 5.10. The number of nitrogens with one attached hydrogen (secondary N) is 2. The molecule has 5 nitrogen and oxygen atoms in total. The number of amides is 1. The summed E-state index contributed by atoms with van der Waals surface area (Å²) >= 11 is 0. The Hall–Kier alpha value is -2.14. The largest absolute Gasteiger partial charge is 0.391 e. The van der Waals surface area contributed by atoms with Crippen molar-refractivity contribution < 1.29 is 9.90 Å². The smallest absolute Gasteiger partial charge is 0.256 e. The molecule has 1 heterocycles. The summed E-state index contributed by atoms with van der Waals surface area (Å²) in [4.78, 5) is 27.1. The number of pyridine rings is 1. The van der Waals surface area contributed by atoms with Crippen molar-refractivity contribution in [1.29, 1.82) is 0 Å². The Morgan fingerprint density at radius 2 is 2.05 bits per heavy atom. The summed E-state index contributed by atoms with van der Waals surface area (Å²) in [5.74, 6) is -0.429. The minimum atomic E-state index is -0.626.